The Labute approximate surface area is 180 Å². The topological polar surface area (TPSA) is 79.5 Å². The number of benzene rings is 2. The zero-order chi connectivity index (χ0) is 18.9. The minimum atomic E-state index is -0.442. The van der Waals surface area contributed by atoms with E-state index in [-0.39, 0.29) is 29.8 Å². The first-order chi connectivity index (χ1) is 12.5. The molecule has 0 aliphatic rings. The maximum Gasteiger partial charge on any atom is 0.248 e. The van der Waals surface area contributed by atoms with Gasteiger partial charge in [0.15, 0.2) is 5.96 Å². The van der Waals surface area contributed by atoms with Gasteiger partial charge in [0.2, 0.25) is 5.91 Å². The van der Waals surface area contributed by atoms with E-state index in [4.69, 9.17) is 5.73 Å². The number of amides is 1. The number of carbonyl (C=O) groups is 1. The van der Waals surface area contributed by atoms with Crippen LogP contribution in [0.15, 0.2) is 47.5 Å². The molecule has 0 atom stereocenters. The Morgan fingerprint density at radius 2 is 1.78 bits per heavy atom. The van der Waals surface area contributed by atoms with Gasteiger partial charge in [0, 0.05) is 31.5 Å². The molecule has 1 amide bonds. The lowest BCUT2D eigenvalue weighted by Crippen LogP contribution is -2.36. The highest BCUT2D eigenvalue weighted by Crippen LogP contribution is 2.16. The molecule has 0 unspecified atom stereocenters. The highest BCUT2D eigenvalue weighted by Gasteiger charge is 2.06. The summed E-state index contributed by atoms with van der Waals surface area (Å²) in [5.74, 6) is 0.734. The summed E-state index contributed by atoms with van der Waals surface area (Å²) in [6, 6.07) is 11.9. The van der Waals surface area contributed by atoms with Crippen molar-refractivity contribution < 1.29 is 9.18 Å². The Kier molecular flexibility index (Phi) is 10.2. The van der Waals surface area contributed by atoms with Crippen LogP contribution in [0.2, 0.25) is 0 Å². The van der Waals surface area contributed by atoms with E-state index in [1.807, 2.05) is 18.4 Å². The number of thioether (sulfide) groups is 1. The molecule has 146 valence electrons. The Bertz CT molecular complexity index is 784. The van der Waals surface area contributed by atoms with Crippen molar-refractivity contribution in [1.29, 1.82) is 0 Å². The fourth-order valence-electron chi connectivity index (χ4n) is 2.43. The number of aliphatic imine (C=N–C) groups is 1. The summed E-state index contributed by atoms with van der Waals surface area (Å²) in [7, 11) is 1.69. The van der Waals surface area contributed by atoms with E-state index in [2.05, 4.69) is 15.6 Å². The van der Waals surface area contributed by atoms with Gasteiger partial charge in [0.1, 0.15) is 5.82 Å². The third-order valence-electron chi connectivity index (χ3n) is 3.84. The fraction of sp³-hybridized carbons (Fsp3) is 0.263. The van der Waals surface area contributed by atoms with Crippen LogP contribution >= 0.6 is 35.7 Å². The van der Waals surface area contributed by atoms with Gasteiger partial charge in [-0.3, -0.25) is 9.79 Å². The average Bonchev–Trinajstić information content (AvgIpc) is 2.64. The Hall–Kier alpha value is -1.81. The van der Waals surface area contributed by atoms with Gasteiger partial charge in [-0.15, -0.1) is 24.0 Å². The monoisotopic (exact) mass is 502 g/mol. The second-order valence-corrected chi connectivity index (χ2v) is 6.55. The maximum atomic E-state index is 13.4. The number of guanidine groups is 1. The Morgan fingerprint density at radius 1 is 1.11 bits per heavy atom. The van der Waals surface area contributed by atoms with Crippen LogP contribution in [-0.2, 0) is 18.8 Å². The van der Waals surface area contributed by atoms with Crippen molar-refractivity contribution in [3.63, 3.8) is 0 Å². The van der Waals surface area contributed by atoms with Gasteiger partial charge in [-0.2, -0.15) is 11.8 Å². The lowest BCUT2D eigenvalue weighted by molar-refractivity contribution is 0.100. The first kappa shape index (κ1) is 23.2. The molecule has 8 heteroatoms. The number of nitrogens with two attached hydrogens (primary N) is 1. The van der Waals surface area contributed by atoms with Crippen LogP contribution in [0.5, 0.6) is 0 Å². The average molecular weight is 502 g/mol. The predicted molar refractivity (Wildman–Crippen MR) is 121 cm³/mol. The van der Waals surface area contributed by atoms with Gasteiger partial charge in [-0.05, 0) is 47.2 Å². The molecule has 0 radical (unpaired) electrons. The summed E-state index contributed by atoms with van der Waals surface area (Å²) in [5.41, 5.74) is 8.73. The van der Waals surface area contributed by atoms with Crippen LogP contribution in [0.4, 0.5) is 4.39 Å². The third kappa shape index (κ3) is 7.37. The normalized spacial score (nSPS) is 10.9. The number of nitrogens with zero attached hydrogens (tertiary/aromatic N) is 1. The standard InChI is InChI=1S/C19H23FN4OS.HI/c1-22-19(23-10-13-3-5-14(6-4-13)18(21)25)24-11-15-7-8-17(20)9-16(15)12-26-2;/h3-9H,10-12H2,1-2H3,(H2,21,25)(H2,22,23,24);1H. The number of primary amides is 1. The number of hydrogen-bond acceptors (Lipinski definition) is 3. The number of carbonyl (C=O) groups excluding carboxylic acids is 1. The number of rotatable bonds is 7. The van der Waals surface area contributed by atoms with Gasteiger partial charge >= 0.3 is 0 Å². The molecule has 27 heavy (non-hydrogen) atoms. The summed E-state index contributed by atoms with van der Waals surface area (Å²) in [5, 5.41) is 6.45. The van der Waals surface area contributed by atoms with Gasteiger partial charge in [0.25, 0.3) is 0 Å². The van der Waals surface area contributed by atoms with Crippen molar-refractivity contribution in [2.45, 2.75) is 18.8 Å². The van der Waals surface area contributed by atoms with Crippen LogP contribution in [0.3, 0.4) is 0 Å². The molecule has 0 fully saturated rings. The van der Waals surface area contributed by atoms with Crippen molar-refractivity contribution in [1.82, 2.24) is 10.6 Å². The van der Waals surface area contributed by atoms with Crippen molar-refractivity contribution in [2.75, 3.05) is 13.3 Å². The molecular formula is C19H24FIN4OS. The van der Waals surface area contributed by atoms with Crippen LogP contribution in [-0.4, -0.2) is 25.2 Å². The highest BCUT2D eigenvalue weighted by molar-refractivity contribution is 14.0. The molecule has 0 bridgehead atoms. The van der Waals surface area contributed by atoms with Gasteiger partial charge in [-0.1, -0.05) is 18.2 Å². The fourth-order valence-corrected chi connectivity index (χ4v) is 3.01. The summed E-state index contributed by atoms with van der Waals surface area (Å²) >= 11 is 1.66. The minimum absolute atomic E-state index is 0. The van der Waals surface area contributed by atoms with Crippen LogP contribution in [0.25, 0.3) is 0 Å². The van der Waals surface area contributed by atoms with Crippen LogP contribution < -0.4 is 16.4 Å². The van der Waals surface area contributed by atoms with Crippen LogP contribution in [0, 0.1) is 5.82 Å². The highest BCUT2D eigenvalue weighted by atomic mass is 127. The Morgan fingerprint density at radius 3 is 2.37 bits per heavy atom. The van der Waals surface area contributed by atoms with E-state index in [9.17, 15) is 9.18 Å². The van der Waals surface area contributed by atoms with Crippen molar-refractivity contribution in [3.05, 3.63) is 70.5 Å². The van der Waals surface area contributed by atoms with E-state index in [1.54, 1.807) is 43.1 Å². The second kappa shape index (κ2) is 11.8. The van der Waals surface area contributed by atoms with Gasteiger partial charge in [-0.25, -0.2) is 4.39 Å². The molecule has 0 saturated heterocycles. The lowest BCUT2D eigenvalue weighted by Gasteiger charge is -2.14. The second-order valence-electron chi connectivity index (χ2n) is 5.69. The molecule has 2 rings (SSSR count). The summed E-state index contributed by atoms with van der Waals surface area (Å²) in [6.07, 6.45) is 1.99. The SMILES string of the molecule is CN=C(NCc1ccc(C(N)=O)cc1)NCc1ccc(F)cc1CSC.I. The van der Waals surface area contributed by atoms with Crippen molar-refractivity contribution >= 4 is 47.6 Å². The zero-order valence-electron chi connectivity index (χ0n) is 15.3. The Balaban J connectivity index is 0.00000364. The van der Waals surface area contributed by atoms with Gasteiger partial charge < -0.3 is 16.4 Å². The maximum absolute atomic E-state index is 13.4. The van der Waals surface area contributed by atoms with E-state index >= 15 is 0 Å². The van der Waals surface area contributed by atoms with E-state index in [0.717, 1.165) is 22.4 Å². The largest absolute Gasteiger partial charge is 0.366 e. The molecule has 0 spiro atoms. The number of halogens is 2. The molecule has 0 aromatic heterocycles. The molecule has 4 N–H and O–H groups in total. The molecule has 5 nitrogen and oxygen atoms in total. The van der Waals surface area contributed by atoms with Crippen molar-refractivity contribution in [2.24, 2.45) is 10.7 Å². The zero-order valence-corrected chi connectivity index (χ0v) is 18.4. The minimum Gasteiger partial charge on any atom is -0.366 e. The molecule has 2 aromatic rings. The van der Waals surface area contributed by atoms with E-state index in [1.165, 1.54) is 6.07 Å². The van der Waals surface area contributed by atoms with E-state index in [0.29, 0.717) is 24.6 Å². The number of nitrogens with one attached hydrogen (secondary N) is 2. The lowest BCUT2D eigenvalue weighted by atomic mass is 10.1. The molecule has 0 heterocycles. The molecule has 0 aliphatic carbocycles. The summed E-state index contributed by atoms with van der Waals surface area (Å²) < 4.78 is 13.4. The van der Waals surface area contributed by atoms with Crippen molar-refractivity contribution in [3.8, 4) is 0 Å². The summed E-state index contributed by atoms with van der Waals surface area (Å²) in [4.78, 5) is 15.3. The molecular weight excluding hydrogens is 478 g/mol. The predicted octanol–water partition coefficient (Wildman–Crippen LogP) is 3.27. The number of hydrogen-bond donors (Lipinski definition) is 3. The van der Waals surface area contributed by atoms with E-state index < -0.39 is 5.91 Å². The van der Waals surface area contributed by atoms with Crippen LogP contribution in [0.1, 0.15) is 27.0 Å². The quantitative estimate of drug-likeness (QED) is 0.309. The molecule has 0 saturated carbocycles. The first-order valence-corrected chi connectivity index (χ1v) is 9.52. The first-order valence-electron chi connectivity index (χ1n) is 8.13. The third-order valence-corrected chi connectivity index (χ3v) is 4.44. The molecule has 2 aromatic carbocycles. The smallest absolute Gasteiger partial charge is 0.248 e. The van der Waals surface area contributed by atoms with Gasteiger partial charge in [0.05, 0.1) is 0 Å². The summed E-state index contributed by atoms with van der Waals surface area (Å²) in [6.45, 7) is 1.11. The molecule has 0 aliphatic heterocycles.